The largest absolute Gasteiger partial charge is 0.367 e. The molecule has 1 saturated heterocycles. The molecule has 1 aliphatic rings. The van der Waals surface area contributed by atoms with Gasteiger partial charge in [-0.3, -0.25) is 4.79 Å². The monoisotopic (exact) mass is 406 g/mol. The van der Waals surface area contributed by atoms with Crippen LogP contribution in [-0.4, -0.2) is 44.5 Å². The number of hydrogen-bond donors (Lipinski definition) is 2. The highest BCUT2D eigenvalue weighted by Crippen LogP contribution is 2.26. The van der Waals surface area contributed by atoms with Crippen LogP contribution in [0.1, 0.15) is 39.2 Å². The summed E-state index contributed by atoms with van der Waals surface area (Å²) >= 11 is 0. The maximum atomic E-state index is 12.7. The lowest BCUT2D eigenvalue weighted by Crippen LogP contribution is -2.45. The second-order valence-electron chi connectivity index (χ2n) is 8.96. The number of nitrogens with one attached hydrogen (secondary N) is 1. The number of likely N-dealkylation sites (tertiary alicyclic amines) is 1. The molecule has 1 atom stereocenters. The van der Waals surface area contributed by atoms with E-state index in [1.807, 2.05) is 72.8 Å². The summed E-state index contributed by atoms with van der Waals surface area (Å²) in [5.74, 6) is 0.989. The zero-order chi connectivity index (χ0) is 21.3. The number of benzene rings is 1. The lowest BCUT2D eigenvalue weighted by molar-refractivity contribution is -0.140. The first-order chi connectivity index (χ1) is 14.4. The fourth-order valence-corrected chi connectivity index (χ4v) is 3.94. The number of imidazole rings is 1. The molecule has 3 N–H and O–H groups in total. The molecule has 0 radical (unpaired) electrons. The number of nitrogens with zero attached hydrogens (tertiary/aromatic N) is 4. The van der Waals surface area contributed by atoms with Gasteiger partial charge in [0.2, 0.25) is 5.91 Å². The molecule has 1 fully saturated rings. The molecule has 30 heavy (non-hydrogen) atoms. The van der Waals surface area contributed by atoms with Gasteiger partial charge in [-0.1, -0.05) is 45.0 Å². The topological polar surface area (TPSA) is 88.5 Å². The van der Waals surface area contributed by atoms with Crippen molar-refractivity contribution < 1.29 is 4.79 Å². The smallest absolute Gasteiger partial charge is 0.228 e. The van der Waals surface area contributed by atoms with E-state index >= 15 is 0 Å². The Morgan fingerprint density at radius 1 is 1.20 bits per heavy atom. The lowest BCUT2D eigenvalue weighted by atomic mass is 9.94. The van der Waals surface area contributed by atoms with Crippen molar-refractivity contribution in [3.05, 3.63) is 48.2 Å². The van der Waals surface area contributed by atoms with Crippen LogP contribution in [0.5, 0.6) is 0 Å². The van der Waals surface area contributed by atoms with Gasteiger partial charge < -0.3 is 16.0 Å². The van der Waals surface area contributed by atoms with Crippen LogP contribution in [0.15, 0.2) is 42.6 Å². The predicted octanol–water partition coefficient (Wildman–Crippen LogP) is 3.30. The van der Waals surface area contributed by atoms with Crippen molar-refractivity contribution in [2.45, 2.75) is 46.2 Å². The van der Waals surface area contributed by atoms with Gasteiger partial charge in [0, 0.05) is 36.7 Å². The van der Waals surface area contributed by atoms with Gasteiger partial charge in [-0.25, -0.2) is 9.50 Å². The van der Waals surface area contributed by atoms with E-state index in [4.69, 9.17) is 10.8 Å². The number of aromatic nitrogens is 3. The van der Waals surface area contributed by atoms with Crippen molar-refractivity contribution in [3.8, 4) is 11.3 Å². The lowest BCUT2D eigenvalue weighted by Gasteiger charge is -2.31. The maximum Gasteiger partial charge on any atom is 0.228 e. The van der Waals surface area contributed by atoms with Crippen LogP contribution in [-0.2, 0) is 11.3 Å². The first kappa shape index (κ1) is 20.3. The van der Waals surface area contributed by atoms with Crippen LogP contribution < -0.4 is 11.1 Å². The summed E-state index contributed by atoms with van der Waals surface area (Å²) in [5.41, 5.74) is 9.21. The standard InChI is InChI=1S/C23H30N6O/c1-23(2,3)22(30)28-12-4-5-18(28)14-25-20-10-11-21-26-15-19(29(21)27-20)17-8-6-16(13-24)7-9-17/h6-11,15,18H,4-5,12-14,24H2,1-3H3,(H,25,27)/t18-/m0/s1. The van der Waals surface area contributed by atoms with E-state index in [-0.39, 0.29) is 17.4 Å². The van der Waals surface area contributed by atoms with Gasteiger partial charge in [0.05, 0.1) is 11.9 Å². The number of amides is 1. The van der Waals surface area contributed by atoms with Gasteiger partial charge in [-0.2, -0.15) is 0 Å². The van der Waals surface area contributed by atoms with Crippen molar-refractivity contribution in [1.29, 1.82) is 0 Å². The second-order valence-corrected chi connectivity index (χ2v) is 8.96. The molecule has 7 heteroatoms. The summed E-state index contributed by atoms with van der Waals surface area (Å²) < 4.78 is 1.85. The minimum Gasteiger partial charge on any atom is -0.367 e. The Morgan fingerprint density at radius 3 is 2.67 bits per heavy atom. The minimum absolute atomic E-state index is 0.195. The molecular weight excluding hydrogens is 376 g/mol. The second kappa shape index (κ2) is 8.07. The van der Waals surface area contributed by atoms with Crippen molar-refractivity contribution in [1.82, 2.24) is 19.5 Å². The number of nitrogens with two attached hydrogens (primary N) is 1. The van der Waals surface area contributed by atoms with Gasteiger partial charge in [-0.05, 0) is 30.5 Å². The van der Waals surface area contributed by atoms with Gasteiger partial charge in [0.1, 0.15) is 5.82 Å². The van der Waals surface area contributed by atoms with Gasteiger partial charge in [0.15, 0.2) is 5.65 Å². The average Bonchev–Trinajstić information content (AvgIpc) is 3.37. The maximum absolute atomic E-state index is 12.7. The molecule has 3 aromatic rings. The van der Waals surface area contributed by atoms with Crippen LogP contribution in [0.4, 0.5) is 5.82 Å². The molecule has 158 valence electrons. The summed E-state index contributed by atoms with van der Waals surface area (Å²) in [4.78, 5) is 19.2. The van der Waals surface area contributed by atoms with E-state index in [9.17, 15) is 4.79 Å². The van der Waals surface area contributed by atoms with Gasteiger partial charge >= 0.3 is 0 Å². The molecule has 1 amide bonds. The predicted molar refractivity (Wildman–Crippen MR) is 119 cm³/mol. The number of carbonyl (C=O) groups is 1. The van der Waals surface area contributed by atoms with E-state index < -0.39 is 0 Å². The van der Waals surface area contributed by atoms with Crippen molar-refractivity contribution in [3.63, 3.8) is 0 Å². The highest BCUT2D eigenvalue weighted by Gasteiger charge is 2.34. The Balaban J connectivity index is 1.52. The molecule has 0 unspecified atom stereocenters. The van der Waals surface area contributed by atoms with Crippen LogP contribution in [0.3, 0.4) is 0 Å². The van der Waals surface area contributed by atoms with Crippen molar-refractivity contribution in [2.75, 3.05) is 18.4 Å². The highest BCUT2D eigenvalue weighted by atomic mass is 16.2. The minimum atomic E-state index is -0.356. The first-order valence-electron chi connectivity index (χ1n) is 10.6. The molecule has 7 nitrogen and oxygen atoms in total. The summed E-state index contributed by atoms with van der Waals surface area (Å²) in [6, 6.07) is 12.2. The van der Waals surface area contributed by atoms with Crippen molar-refractivity contribution in [2.24, 2.45) is 11.1 Å². The molecule has 3 heterocycles. The molecule has 0 bridgehead atoms. The van der Waals surface area contributed by atoms with E-state index in [1.54, 1.807) is 0 Å². The number of fused-ring (bicyclic) bond motifs is 1. The molecule has 2 aromatic heterocycles. The number of anilines is 1. The third kappa shape index (κ3) is 4.03. The number of hydrogen-bond acceptors (Lipinski definition) is 5. The first-order valence-corrected chi connectivity index (χ1v) is 10.6. The van der Waals surface area contributed by atoms with E-state index in [1.165, 1.54) is 0 Å². The zero-order valence-electron chi connectivity index (χ0n) is 17.9. The summed E-state index contributed by atoms with van der Waals surface area (Å²) in [6.07, 6.45) is 3.90. The highest BCUT2D eigenvalue weighted by molar-refractivity contribution is 5.82. The van der Waals surface area contributed by atoms with Crippen molar-refractivity contribution >= 4 is 17.4 Å². The Kier molecular flexibility index (Phi) is 5.47. The Morgan fingerprint density at radius 2 is 1.97 bits per heavy atom. The Hall–Kier alpha value is -2.93. The Bertz CT molecular complexity index is 1030. The Labute approximate surface area is 177 Å². The molecule has 4 rings (SSSR count). The quantitative estimate of drug-likeness (QED) is 0.679. The van der Waals surface area contributed by atoms with E-state index in [0.717, 1.165) is 47.7 Å². The third-order valence-corrected chi connectivity index (χ3v) is 5.65. The van der Waals surface area contributed by atoms with E-state index in [0.29, 0.717) is 13.1 Å². The summed E-state index contributed by atoms with van der Waals surface area (Å²) in [5, 5.41) is 8.18. The molecule has 0 saturated carbocycles. The summed E-state index contributed by atoms with van der Waals surface area (Å²) in [6.45, 7) is 7.99. The fourth-order valence-electron chi connectivity index (χ4n) is 3.94. The fraction of sp³-hybridized carbons (Fsp3) is 0.435. The van der Waals surface area contributed by atoms with Crippen LogP contribution in [0, 0.1) is 5.41 Å². The SMILES string of the molecule is CC(C)(C)C(=O)N1CCC[C@H]1CNc1ccc2ncc(-c3ccc(CN)cc3)n2n1. The molecular formula is C23H30N6O. The molecule has 0 spiro atoms. The van der Waals surface area contributed by atoms with E-state index in [2.05, 4.69) is 10.3 Å². The average molecular weight is 407 g/mol. The zero-order valence-corrected chi connectivity index (χ0v) is 17.9. The van der Waals surface area contributed by atoms with Crippen LogP contribution in [0.2, 0.25) is 0 Å². The number of carbonyl (C=O) groups excluding carboxylic acids is 1. The third-order valence-electron chi connectivity index (χ3n) is 5.65. The van der Waals surface area contributed by atoms with Gasteiger partial charge in [0.25, 0.3) is 0 Å². The summed E-state index contributed by atoms with van der Waals surface area (Å²) in [7, 11) is 0. The molecule has 0 aliphatic carbocycles. The molecule has 1 aromatic carbocycles. The normalized spacial score (nSPS) is 16.9. The number of rotatable bonds is 5. The van der Waals surface area contributed by atoms with Crippen LogP contribution >= 0.6 is 0 Å². The van der Waals surface area contributed by atoms with Gasteiger partial charge in [-0.15, -0.1) is 5.10 Å². The van der Waals surface area contributed by atoms with Crippen LogP contribution in [0.25, 0.3) is 16.9 Å². The molecule has 1 aliphatic heterocycles.